The van der Waals surface area contributed by atoms with E-state index in [1.165, 1.54) is 25.3 Å². The van der Waals surface area contributed by atoms with Gasteiger partial charge in [-0.1, -0.05) is 18.6 Å². The molecule has 1 aromatic carbocycles. The molecule has 3 rings (SSSR count). The molecule has 2 fully saturated rings. The Labute approximate surface area is 128 Å². The summed E-state index contributed by atoms with van der Waals surface area (Å²) in [7, 11) is 0. The summed E-state index contributed by atoms with van der Waals surface area (Å²) in [6.07, 6.45) is 1.10. The number of halogens is 3. The highest BCUT2D eigenvalue weighted by Gasteiger charge is 2.40. The summed E-state index contributed by atoms with van der Waals surface area (Å²) in [5.74, 6) is 1.91. The van der Waals surface area contributed by atoms with Gasteiger partial charge >= 0.3 is 6.18 Å². The third-order valence-electron chi connectivity index (χ3n) is 5.08. The lowest BCUT2D eigenvalue weighted by Gasteiger charge is -2.21. The van der Waals surface area contributed by atoms with Crippen LogP contribution < -0.4 is 5.32 Å². The Hall–Kier alpha value is -1.52. The van der Waals surface area contributed by atoms with Gasteiger partial charge < -0.3 is 5.32 Å². The molecule has 0 saturated heterocycles. The fourth-order valence-electron chi connectivity index (χ4n) is 4.00. The van der Waals surface area contributed by atoms with Crippen LogP contribution in [0.5, 0.6) is 0 Å². The molecular formula is C17H20F3NO. The fourth-order valence-corrected chi connectivity index (χ4v) is 4.00. The second-order valence-electron chi connectivity index (χ2n) is 6.61. The third kappa shape index (κ3) is 3.45. The molecule has 2 nitrogen and oxygen atoms in total. The van der Waals surface area contributed by atoms with Crippen molar-refractivity contribution in [3.8, 4) is 0 Å². The van der Waals surface area contributed by atoms with Crippen LogP contribution in [0.15, 0.2) is 24.3 Å². The average molecular weight is 311 g/mol. The molecule has 2 bridgehead atoms. The van der Waals surface area contributed by atoms with Gasteiger partial charge in [-0.15, -0.1) is 0 Å². The summed E-state index contributed by atoms with van der Waals surface area (Å²) in [5.41, 5.74) is -0.191. The highest BCUT2D eigenvalue weighted by atomic mass is 19.4. The van der Waals surface area contributed by atoms with Crippen LogP contribution in [0.2, 0.25) is 0 Å². The third-order valence-corrected chi connectivity index (χ3v) is 5.08. The summed E-state index contributed by atoms with van der Waals surface area (Å²) in [6.45, 7) is 0.156. The van der Waals surface area contributed by atoms with Crippen molar-refractivity contribution in [1.29, 1.82) is 0 Å². The number of carbonyl (C=O) groups is 1. The number of amides is 1. The van der Waals surface area contributed by atoms with Crippen molar-refractivity contribution in [1.82, 2.24) is 5.32 Å². The van der Waals surface area contributed by atoms with Crippen LogP contribution in [0.3, 0.4) is 0 Å². The van der Waals surface area contributed by atoms with Crippen molar-refractivity contribution in [2.45, 2.75) is 44.8 Å². The lowest BCUT2D eigenvalue weighted by molar-refractivity contribution is -0.137. The Balaban J connectivity index is 1.51. The number of hydrogen-bond acceptors (Lipinski definition) is 1. The first-order valence-corrected chi connectivity index (χ1v) is 7.84. The molecular weight excluding hydrogens is 291 g/mol. The minimum atomic E-state index is -4.34. The Morgan fingerprint density at radius 1 is 1.23 bits per heavy atom. The predicted molar refractivity (Wildman–Crippen MR) is 76.8 cm³/mol. The van der Waals surface area contributed by atoms with Crippen LogP contribution >= 0.6 is 0 Å². The molecule has 1 amide bonds. The Kier molecular flexibility index (Phi) is 4.15. The van der Waals surface area contributed by atoms with Crippen LogP contribution in [-0.4, -0.2) is 5.91 Å². The molecule has 0 unspecified atom stereocenters. The summed E-state index contributed by atoms with van der Waals surface area (Å²) >= 11 is 0. The summed E-state index contributed by atoms with van der Waals surface area (Å²) < 4.78 is 37.9. The topological polar surface area (TPSA) is 29.1 Å². The lowest BCUT2D eigenvalue weighted by atomic mass is 9.86. The molecule has 0 heterocycles. The van der Waals surface area contributed by atoms with E-state index in [-0.39, 0.29) is 12.5 Å². The highest BCUT2D eigenvalue weighted by molar-refractivity contribution is 5.76. The van der Waals surface area contributed by atoms with E-state index in [1.54, 1.807) is 6.07 Å². The Morgan fingerprint density at radius 3 is 2.68 bits per heavy atom. The molecule has 3 atom stereocenters. The van der Waals surface area contributed by atoms with Gasteiger partial charge in [0, 0.05) is 13.0 Å². The zero-order valence-electron chi connectivity index (χ0n) is 12.3. The second kappa shape index (κ2) is 5.94. The lowest BCUT2D eigenvalue weighted by Crippen LogP contribution is -2.27. The summed E-state index contributed by atoms with van der Waals surface area (Å²) in [4.78, 5) is 12.0. The molecule has 2 saturated carbocycles. The maximum Gasteiger partial charge on any atom is 0.416 e. The smallest absolute Gasteiger partial charge is 0.352 e. The van der Waals surface area contributed by atoms with Crippen molar-refractivity contribution in [2.75, 3.05) is 0 Å². The second-order valence-corrected chi connectivity index (χ2v) is 6.61. The maximum atomic E-state index is 12.6. The molecule has 22 heavy (non-hydrogen) atoms. The number of rotatable bonds is 4. The number of fused-ring (bicyclic) bond motifs is 2. The molecule has 0 aliphatic heterocycles. The maximum absolute atomic E-state index is 12.6. The Bertz CT molecular complexity index is 555. The van der Waals surface area contributed by atoms with Crippen LogP contribution in [0.25, 0.3) is 0 Å². The van der Waals surface area contributed by atoms with Crippen molar-refractivity contribution < 1.29 is 18.0 Å². The van der Waals surface area contributed by atoms with Gasteiger partial charge in [0.15, 0.2) is 0 Å². The quantitative estimate of drug-likeness (QED) is 0.889. The molecule has 2 aliphatic rings. The highest BCUT2D eigenvalue weighted by Crippen LogP contribution is 2.49. The molecule has 0 spiro atoms. The average Bonchev–Trinajstić information content (AvgIpc) is 3.07. The first-order chi connectivity index (χ1) is 10.4. The van der Waals surface area contributed by atoms with E-state index in [2.05, 4.69) is 5.32 Å². The van der Waals surface area contributed by atoms with E-state index in [4.69, 9.17) is 0 Å². The van der Waals surface area contributed by atoms with Crippen LogP contribution in [0, 0.1) is 17.8 Å². The van der Waals surface area contributed by atoms with Gasteiger partial charge in [0.1, 0.15) is 0 Å². The van der Waals surface area contributed by atoms with E-state index in [0.29, 0.717) is 23.8 Å². The van der Waals surface area contributed by atoms with Crippen molar-refractivity contribution in [3.63, 3.8) is 0 Å². The van der Waals surface area contributed by atoms with Crippen LogP contribution in [0.1, 0.15) is 43.2 Å². The zero-order chi connectivity index (χ0) is 15.7. The number of carbonyl (C=O) groups excluding carboxylic acids is 1. The van der Waals surface area contributed by atoms with E-state index in [9.17, 15) is 18.0 Å². The summed E-state index contributed by atoms with van der Waals surface area (Å²) in [6, 6.07) is 5.12. The summed E-state index contributed by atoms with van der Waals surface area (Å²) in [5, 5.41) is 2.76. The number of nitrogens with one attached hydrogen (secondary N) is 1. The first-order valence-electron chi connectivity index (χ1n) is 7.84. The molecule has 0 radical (unpaired) electrons. The number of alkyl halides is 3. The standard InChI is InChI=1S/C17H20F3NO/c18-17(19,20)15-3-1-2-12(8-15)10-21-16(22)9-14-7-11-4-5-13(14)6-11/h1-3,8,11,13-14H,4-7,9-10H2,(H,21,22)/t11-,13-,14+/m1/s1. The van der Waals surface area contributed by atoms with Gasteiger partial charge in [-0.2, -0.15) is 13.2 Å². The largest absolute Gasteiger partial charge is 0.416 e. The van der Waals surface area contributed by atoms with Crippen molar-refractivity contribution in [2.24, 2.45) is 17.8 Å². The van der Waals surface area contributed by atoms with E-state index >= 15 is 0 Å². The van der Waals surface area contributed by atoms with Crippen LogP contribution in [-0.2, 0) is 17.5 Å². The van der Waals surface area contributed by atoms with Gasteiger partial charge in [0.25, 0.3) is 0 Å². The SMILES string of the molecule is O=C(C[C@@H]1C[C@@H]2CC[C@@H]1C2)NCc1cccc(C(F)(F)F)c1. The molecule has 1 aromatic rings. The minimum absolute atomic E-state index is 0.0463. The minimum Gasteiger partial charge on any atom is -0.352 e. The van der Waals surface area contributed by atoms with E-state index in [0.717, 1.165) is 24.5 Å². The van der Waals surface area contributed by atoms with E-state index < -0.39 is 11.7 Å². The molecule has 120 valence electrons. The molecule has 1 N–H and O–H groups in total. The number of hydrogen-bond donors (Lipinski definition) is 1. The van der Waals surface area contributed by atoms with Gasteiger partial charge in [0.05, 0.1) is 5.56 Å². The normalized spacial score (nSPS) is 27.1. The number of benzene rings is 1. The molecule has 0 aromatic heterocycles. The van der Waals surface area contributed by atoms with Gasteiger partial charge in [-0.25, -0.2) is 0 Å². The first kappa shape index (κ1) is 15.4. The fraction of sp³-hybridized carbons (Fsp3) is 0.588. The zero-order valence-corrected chi connectivity index (χ0v) is 12.3. The monoisotopic (exact) mass is 311 g/mol. The van der Waals surface area contributed by atoms with E-state index in [1.807, 2.05) is 0 Å². The van der Waals surface area contributed by atoms with Gasteiger partial charge in [-0.3, -0.25) is 4.79 Å². The van der Waals surface area contributed by atoms with Crippen molar-refractivity contribution >= 4 is 5.91 Å². The van der Waals surface area contributed by atoms with Gasteiger partial charge in [0.2, 0.25) is 5.91 Å². The Morgan fingerprint density at radius 2 is 2.05 bits per heavy atom. The van der Waals surface area contributed by atoms with Crippen LogP contribution in [0.4, 0.5) is 13.2 Å². The van der Waals surface area contributed by atoms with Crippen molar-refractivity contribution in [3.05, 3.63) is 35.4 Å². The molecule has 5 heteroatoms. The predicted octanol–water partition coefficient (Wildman–Crippen LogP) is 4.15. The molecule has 2 aliphatic carbocycles. The van der Waals surface area contributed by atoms with Gasteiger partial charge in [-0.05, 0) is 54.7 Å².